The molecule has 0 aliphatic carbocycles. The van der Waals surface area contributed by atoms with Crippen LogP contribution in [0.5, 0.6) is 11.5 Å². The summed E-state index contributed by atoms with van der Waals surface area (Å²) in [5.41, 5.74) is 4.45. The van der Waals surface area contributed by atoms with Crippen LogP contribution >= 0.6 is 11.3 Å². The number of ether oxygens (including phenoxy) is 2. The lowest BCUT2D eigenvalue weighted by molar-refractivity contribution is 0.102. The number of carbonyl (C=O) groups is 1. The van der Waals surface area contributed by atoms with E-state index in [2.05, 4.69) is 28.7 Å². The Balaban J connectivity index is 1.54. The Labute approximate surface area is 168 Å². The van der Waals surface area contributed by atoms with E-state index < -0.39 is 0 Å². The third-order valence-electron chi connectivity index (χ3n) is 4.81. The van der Waals surface area contributed by atoms with E-state index >= 15 is 0 Å². The predicted molar refractivity (Wildman–Crippen MR) is 111 cm³/mol. The van der Waals surface area contributed by atoms with Crippen molar-refractivity contribution in [3.63, 3.8) is 0 Å². The normalized spacial score (nSPS) is 13.0. The summed E-state index contributed by atoms with van der Waals surface area (Å²) in [5.74, 6) is 1.34. The molecule has 28 heavy (non-hydrogen) atoms. The van der Waals surface area contributed by atoms with Crippen LogP contribution in [0.1, 0.15) is 41.6 Å². The molecule has 146 valence electrons. The van der Waals surface area contributed by atoms with Crippen LogP contribution in [0.2, 0.25) is 0 Å². The highest BCUT2D eigenvalue weighted by atomic mass is 32.1. The lowest BCUT2D eigenvalue weighted by Crippen LogP contribution is -2.15. The van der Waals surface area contributed by atoms with Crippen LogP contribution in [0, 0.1) is 13.8 Å². The van der Waals surface area contributed by atoms with Gasteiger partial charge in [0.2, 0.25) is 0 Å². The molecule has 1 aliphatic rings. The molecule has 0 unspecified atom stereocenters. The number of hydrogen-bond donors (Lipinski definition) is 1. The first-order valence-corrected chi connectivity index (χ1v) is 10.2. The Kier molecular flexibility index (Phi) is 4.85. The molecule has 1 aliphatic heterocycles. The minimum absolute atomic E-state index is 0.136. The van der Waals surface area contributed by atoms with Crippen LogP contribution in [0.3, 0.4) is 0 Å². The Bertz CT molecular complexity index is 1040. The molecule has 2 aromatic heterocycles. The molecular weight excluding hydrogens is 374 g/mol. The van der Waals surface area contributed by atoms with Crippen molar-refractivity contribution < 1.29 is 14.3 Å². The van der Waals surface area contributed by atoms with E-state index in [1.165, 1.54) is 11.3 Å². The Morgan fingerprint density at radius 2 is 1.93 bits per heavy atom. The number of carbonyl (C=O) groups excluding carboxylic acids is 1. The molecule has 4 rings (SSSR count). The van der Waals surface area contributed by atoms with Crippen molar-refractivity contribution in [1.82, 2.24) is 9.55 Å². The summed E-state index contributed by atoms with van der Waals surface area (Å²) in [6, 6.07) is 8.00. The van der Waals surface area contributed by atoms with Gasteiger partial charge in [-0.2, -0.15) is 0 Å². The topological polar surface area (TPSA) is 65.4 Å². The van der Waals surface area contributed by atoms with Crippen molar-refractivity contribution in [3.05, 3.63) is 46.6 Å². The maximum Gasteiger partial charge on any atom is 0.259 e. The Morgan fingerprint density at radius 3 is 2.64 bits per heavy atom. The molecular formula is C21H23N3O3S. The number of fused-ring (bicyclic) bond motifs is 1. The maximum atomic E-state index is 12.8. The molecule has 0 bridgehead atoms. The van der Waals surface area contributed by atoms with Crippen molar-refractivity contribution in [1.29, 1.82) is 0 Å². The number of anilines is 1. The summed E-state index contributed by atoms with van der Waals surface area (Å²) in [7, 11) is 0. The van der Waals surface area contributed by atoms with Crippen molar-refractivity contribution in [3.8, 4) is 22.8 Å². The first kappa shape index (κ1) is 18.6. The lowest BCUT2D eigenvalue weighted by atomic mass is 10.1. The first-order valence-electron chi connectivity index (χ1n) is 9.29. The summed E-state index contributed by atoms with van der Waals surface area (Å²) >= 11 is 1.41. The fraction of sp³-hybridized carbons (Fsp3) is 0.333. The molecule has 7 heteroatoms. The number of aryl methyl sites for hydroxylation is 1. The van der Waals surface area contributed by atoms with Crippen molar-refractivity contribution in [2.45, 2.75) is 33.7 Å². The third kappa shape index (κ3) is 3.38. The molecule has 1 N–H and O–H groups in total. The van der Waals surface area contributed by atoms with Gasteiger partial charge in [0, 0.05) is 28.4 Å². The van der Waals surface area contributed by atoms with E-state index in [0.717, 1.165) is 34.1 Å². The van der Waals surface area contributed by atoms with Crippen LogP contribution in [0.4, 0.5) is 5.13 Å². The molecule has 1 aromatic carbocycles. The molecule has 0 atom stereocenters. The van der Waals surface area contributed by atoms with Gasteiger partial charge < -0.3 is 14.0 Å². The Morgan fingerprint density at radius 1 is 1.18 bits per heavy atom. The number of hydrogen-bond acceptors (Lipinski definition) is 5. The van der Waals surface area contributed by atoms with Gasteiger partial charge in [-0.05, 0) is 52.0 Å². The number of thiazole rings is 1. The summed E-state index contributed by atoms with van der Waals surface area (Å²) in [5, 5.41) is 5.43. The van der Waals surface area contributed by atoms with Crippen molar-refractivity contribution >= 4 is 22.4 Å². The van der Waals surface area contributed by atoms with Gasteiger partial charge in [0.05, 0.1) is 11.3 Å². The van der Waals surface area contributed by atoms with Crippen LogP contribution in [-0.2, 0) is 0 Å². The number of amides is 1. The zero-order valence-corrected chi connectivity index (χ0v) is 17.2. The second-order valence-electron chi connectivity index (χ2n) is 7.10. The third-order valence-corrected chi connectivity index (χ3v) is 5.57. The summed E-state index contributed by atoms with van der Waals surface area (Å²) in [4.78, 5) is 17.3. The predicted octanol–water partition coefficient (Wildman–Crippen LogP) is 4.83. The highest BCUT2D eigenvalue weighted by Crippen LogP contribution is 2.35. The summed E-state index contributed by atoms with van der Waals surface area (Å²) in [6.07, 6.45) is 0. The fourth-order valence-electron chi connectivity index (χ4n) is 3.63. The van der Waals surface area contributed by atoms with Gasteiger partial charge in [-0.15, -0.1) is 11.3 Å². The van der Waals surface area contributed by atoms with Gasteiger partial charge in [0.1, 0.15) is 13.2 Å². The average molecular weight is 398 g/mol. The largest absolute Gasteiger partial charge is 0.486 e. The van der Waals surface area contributed by atoms with Gasteiger partial charge in [-0.1, -0.05) is 0 Å². The highest BCUT2D eigenvalue weighted by molar-refractivity contribution is 7.14. The molecule has 0 saturated carbocycles. The quantitative estimate of drug-likeness (QED) is 0.685. The fourth-order valence-corrected chi connectivity index (χ4v) is 4.35. The number of nitrogens with zero attached hydrogens (tertiary/aromatic N) is 2. The molecule has 1 amide bonds. The molecule has 0 radical (unpaired) electrons. The molecule has 0 saturated heterocycles. The standard InChI is InChI=1S/C21H23N3O3S/c1-12(2)24-13(3)9-16(14(24)4)20(25)23-21-22-17(11-28-21)15-5-6-18-19(10-15)27-8-7-26-18/h5-6,9-12H,7-8H2,1-4H3,(H,22,23,25). The van der Waals surface area contributed by atoms with E-state index in [1.807, 2.05) is 43.5 Å². The second-order valence-corrected chi connectivity index (χ2v) is 7.96. The van der Waals surface area contributed by atoms with Gasteiger partial charge in [-0.3, -0.25) is 10.1 Å². The van der Waals surface area contributed by atoms with Crippen LogP contribution in [0.15, 0.2) is 29.6 Å². The minimum Gasteiger partial charge on any atom is -0.486 e. The zero-order chi connectivity index (χ0) is 19.8. The van der Waals surface area contributed by atoms with Crippen molar-refractivity contribution in [2.24, 2.45) is 0 Å². The molecule has 3 heterocycles. The van der Waals surface area contributed by atoms with E-state index in [1.54, 1.807) is 0 Å². The van der Waals surface area contributed by atoms with Gasteiger partial charge in [0.25, 0.3) is 5.91 Å². The summed E-state index contributed by atoms with van der Waals surface area (Å²) in [6.45, 7) is 9.34. The number of benzene rings is 1. The van der Waals surface area contributed by atoms with Crippen molar-refractivity contribution in [2.75, 3.05) is 18.5 Å². The Hall–Kier alpha value is -2.80. The lowest BCUT2D eigenvalue weighted by Gasteiger charge is -2.18. The van der Waals surface area contributed by atoms with E-state index in [9.17, 15) is 4.79 Å². The van der Waals surface area contributed by atoms with Gasteiger partial charge >= 0.3 is 0 Å². The maximum absolute atomic E-state index is 12.8. The smallest absolute Gasteiger partial charge is 0.259 e. The SMILES string of the molecule is Cc1cc(C(=O)Nc2nc(-c3ccc4c(c3)OCCO4)cs2)c(C)n1C(C)C. The average Bonchev–Trinajstić information content (AvgIpc) is 3.25. The number of rotatable bonds is 4. The first-order chi connectivity index (χ1) is 13.4. The van der Waals surface area contributed by atoms with E-state index in [0.29, 0.717) is 30.0 Å². The van der Waals surface area contributed by atoms with Crippen LogP contribution in [0.25, 0.3) is 11.3 Å². The molecule has 6 nitrogen and oxygen atoms in total. The monoisotopic (exact) mass is 397 g/mol. The number of nitrogens with one attached hydrogen (secondary N) is 1. The van der Waals surface area contributed by atoms with Crippen LogP contribution < -0.4 is 14.8 Å². The van der Waals surface area contributed by atoms with Gasteiger partial charge in [0.15, 0.2) is 16.6 Å². The molecule has 3 aromatic rings. The van der Waals surface area contributed by atoms with E-state index in [-0.39, 0.29) is 5.91 Å². The number of aromatic nitrogens is 2. The van der Waals surface area contributed by atoms with Crippen LogP contribution in [-0.4, -0.2) is 28.7 Å². The highest BCUT2D eigenvalue weighted by Gasteiger charge is 2.19. The van der Waals surface area contributed by atoms with Gasteiger partial charge in [-0.25, -0.2) is 4.98 Å². The zero-order valence-electron chi connectivity index (χ0n) is 16.4. The van der Waals surface area contributed by atoms with E-state index in [4.69, 9.17) is 9.47 Å². The summed E-state index contributed by atoms with van der Waals surface area (Å²) < 4.78 is 13.4. The molecule has 0 spiro atoms. The second kappa shape index (κ2) is 7.31. The molecule has 0 fully saturated rings. The minimum atomic E-state index is -0.136.